The van der Waals surface area contributed by atoms with Crippen molar-refractivity contribution >= 4 is 5.91 Å². The molecule has 154 valence electrons. The molecule has 2 aromatic rings. The normalized spacial score (nSPS) is 20.1. The Labute approximate surface area is 170 Å². The largest absolute Gasteiger partial charge is 0.478 e. The summed E-state index contributed by atoms with van der Waals surface area (Å²) in [7, 11) is 0. The third-order valence-electron chi connectivity index (χ3n) is 5.68. The van der Waals surface area contributed by atoms with Gasteiger partial charge >= 0.3 is 0 Å². The number of halogens is 1. The van der Waals surface area contributed by atoms with Gasteiger partial charge in [0.1, 0.15) is 5.82 Å². The van der Waals surface area contributed by atoms with Crippen molar-refractivity contribution in [2.24, 2.45) is 0 Å². The van der Waals surface area contributed by atoms with Gasteiger partial charge in [0.25, 0.3) is 5.91 Å². The van der Waals surface area contributed by atoms with E-state index in [-0.39, 0.29) is 11.7 Å². The highest BCUT2D eigenvalue weighted by molar-refractivity contribution is 5.81. The molecule has 2 unspecified atom stereocenters. The Balaban J connectivity index is 1.44. The number of rotatable bonds is 5. The van der Waals surface area contributed by atoms with Crippen molar-refractivity contribution in [1.82, 2.24) is 20.2 Å². The van der Waals surface area contributed by atoms with Crippen molar-refractivity contribution in [3.05, 3.63) is 53.4 Å². The van der Waals surface area contributed by atoms with Gasteiger partial charge in [0.05, 0.1) is 5.69 Å². The number of aromatic nitrogens is 2. The molecule has 1 fully saturated rings. The summed E-state index contributed by atoms with van der Waals surface area (Å²) in [6.07, 6.45) is 4.59. The molecule has 0 saturated carbocycles. The van der Waals surface area contributed by atoms with Gasteiger partial charge in [-0.2, -0.15) is 0 Å². The van der Waals surface area contributed by atoms with Crippen LogP contribution in [0.3, 0.4) is 0 Å². The second-order valence-corrected chi connectivity index (χ2v) is 7.70. The van der Waals surface area contributed by atoms with Crippen molar-refractivity contribution in [3.63, 3.8) is 0 Å². The van der Waals surface area contributed by atoms with E-state index >= 15 is 0 Å². The van der Waals surface area contributed by atoms with Gasteiger partial charge in [0, 0.05) is 43.7 Å². The maximum atomic E-state index is 13.9. The van der Waals surface area contributed by atoms with E-state index in [0.29, 0.717) is 31.8 Å². The summed E-state index contributed by atoms with van der Waals surface area (Å²) in [6, 6.07) is 6.18. The van der Waals surface area contributed by atoms with Gasteiger partial charge in [-0.1, -0.05) is 19.1 Å². The molecule has 7 heteroatoms. The molecule has 2 atom stereocenters. The predicted octanol–water partition coefficient (Wildman–Crippen LogP) is 2.83. The molecule has 1 aromatic heterocycles. The molecule has 0 bridgehead atoms. The molecule has 1 N–H and O–H groups in total. The molecule has 1 saturated heterocycles. The van der Waals surface area contributed by atoms with Crippen LogP contribution >= 0.6 is 0 Å². The number of fused-ring (bicyclic) bond motifs is 1. The number of hydrogen-bond donors (Lipinski definition) is 1. The highest BCUT2D eigenvalue weighted by Crippen LogP contribution is 2.25. The van der Waals surface area contributed by atoms with E-state index in [9.17, 15) is 9.18 Å². The lowest BCUT2D eigenvalue weighted by molar-refractivity contribution is -0.140. The number of carbonyl (C=O) groups excluding carboxylic acids is 1. The van der Waals surface area contributed by atoms with E-state index in [4.69, 9.17) is 9.72 Å². The van der Waals surface area contributed by atoms with Crippen molar-refractivity contribution in [2.45, 2.75) is 51.2 Å². The summed E-state index contributed by atoms with van der Waals surface area (Å²) in [5.74, 6) is 0.805. The molecule has 1 amide bonds. The fraction of sp³-hybridized carbons (Fsp3) is 0.500. The summed E-state index contributed by atoms with van der Waals surface area (Å²) in [5.41, 5.74) is 2.02. The summed E-state index contributed by atoms with van der Waals surface area (Å²) >= 11 is 0. The van der Waals surface area contributed by atoms with E-state index in [1.165, 1.54) is 6.07 Å². The van der Waals surface area contributed by atoms with Crippen LogP contribution in [-0.4, -0.2) is 46.5 Å². The maximum Gasteiger partial charge on any atom is 0.263 e. The van der Waals surface area contributed by atoms with Crippen molar-refractivity contribution in [3.8, 4) is 5.75 Å². The Hall–Kier alpha value is -2.54. The minimum absolute atomic E-state index is 0.110. The Morgan fingerprint density at radius 1 is 1.41 bits per heavy atom. The number of nitrogens with zero attached hydrogens (tertiary/aromatic N) is 3. The van der Waals surface area contributed by atoms with Crippen LogP contribution in [0.1, 0.15) is 49.2 Å². The molecule has 0 radical (unpaired) electrons. The van der Waals surface area contributed by atoms with E-state index in [2.05, 4.69) is 10.3 Å². The molecule has 2 aliphatic rings. The fourth-order valence-corrected chi connectivity index (χ4v) is 3.99. The molecule has 29 heavy (non-hydrogen) atoms. The second kappa shape index (κ2) is 8.86. The first-order valence-corrected chi connectivity index (χ1v) is 10.4. The molecular weight excluding hydrogens is 371 g/mol. The SMILES string of the molecule is CCC(Oc1ccccc1F)C(=O)N1CCc2nc(C3CCCNC3)ncc2C1. The van der Waals surface area contributed by atoms with Gasteiger partial charge in [-0.25, -0.2) is 14.4 Å². The summed E-state index contributed by atoms with van der Waals surface area (Å²) in [4.78, 5) is 24.2. The van der Waals surface area contributed by atoms with Crippen LogP contribution in [-0.2, 0) is 17.8 Å². The third-order valence-corrected chi connectivity index (χ3v) is 5.68. The van der Waals surface area contributed by atoms with E-state index in [0.717, 1.165) is 43.0 Å². The molecule has 1 aromatic carbocycles. The van der Waals surface area contributed by atoms with Crippen LogP contribution in [0.25, 0.3) is 0 Å². The Morgan fingerprint density at radius 2 is 2.28 bits per heavy atom. The van der Waals surface area contributed by atoms with Crippen molar-refractivity contribution < 1.29 is 13.9 Å². The predicted molar refractivity (Wildman–Crippen MR) is 107 cm³/mol. The minimum Gasteiger partial charge on any atom is -0.478 e. The molecule has 4 rings (SSSR count). The van der Waals surface area contributed by atoms with Gasteiger partial charge < -0.3 is 15.0 Å². The molecule has 3 heterocycles. The minimum atomic E-state index is -0.707. The lowest BCUT2D eigenvalue weighted by Gasteiger charge is -2.31. The average molecular weight is 398 g/mol. The van der Waals surface area contributed by atoms with Crippen LogP contribution in [0.4, 0.5) is 4.39 Å². The maximum absolute atomic E-state index is 13.9. The number of hydrogen-bond acceptors (Lipinski definition) is 5. The highest BCUT2D eigenvalue weighted by atomic mass is 19.1. The summed E-state index contributed by atoms with van der Waals surface area (Å²) in [5, 5.41) is 3.40. The molecule has 0 aliphatic carbocycles. The number of para-hydroxylation sites is 1. The number of benzene rings is 1. The topological polar surface area (TPSA) is 67.3 Å². The first-order chi connectivity index (χ1) is 14.2. The molecule has 6 nitrogen and oxygen atoms in total. The fourth-order valence-electron chi connectivity index (χ4n) is 3.99. The number of nitrogens with one attached hydrogen (secondary N) is 1. The van der Waals surface area contributed by atoms with Crippen LogP contribution in [0.5, 0.6) is 5.75 Å². The zero-order chi connectivity index (χ0) is 20.2. The van der Waals surface area contributed by atoms with Crippen LogP contribution in [0.2, 0.25) is 0 Å². The average Bonchev–Trinajstić information content (AvgIpc) is 2.78. The zero-order valence-corrected chi connectivity index (χ0v) is 16.7. The summed E-state index contributed by atoms with van der Waals surface area (Å²) in [6.45, 7) is 4.91. The second-order valence-electron chi connectivity index (χ2n) is 7.70. The summed E-state index contributed by atoms with van der Waals surface area (Å²) < 4.78 is 19.6. The van der Waals surface area contributed by atoms with E-state index in [1.54, 1.807) is 23.1 Å². The highest BCUT2D eigenvalue weighted by Gasteiger charge is 2.29. The quantitative estimate of drug-likeness (QED) is 0.839. The zero-order valence-electron chi connectivity index (χ0n) is 16.7. The smallest absolute Gasteiger partial charge is 0.263 e. The van der Waals surface area contributed by atoms with Crippen LogP contribution < -0.4 is 10.1 Å². The number of carbonyl (C=O) groups is 1. The first kappa shape index (κ1) is 19.8. The number of amides is 1. The Morgan fingerprint density at radius 3 is 3.03 bits per heavy atom. The van der Waals surface area contributed by atoms with Crippen LogP contribution in [0, 0.1) is 5.82 Å². The Bertz CT molecular complexity index is 870. The standard InChI is InChI=1S/C22H27FN4O2/c1-2-19(29-20-8-4-3-7-17(20)23)22(28)27-11-9-18-16(14-27)13-25-21(26-18)15-6-5-10-24-12-15/h3-4,7-8,13,15,19,24H,2,5-6,9-12,14H2,1H3. The number of piperidine rings is 1. The lowest BCUT2D eigenvalue weighted by atomic mass is 9.98. The van der Waals surface area contributed by atoms with Crippen molar-refractivity contribution in [1.29, 1.82) is 0 Å². The lowest BCUT2D eigenvalue weighted by Crippen LogP contribution is -2.44. The van der Waals surface area contributed by atoms with Crippen molar-refractivity contribution in [2.75, 3.05) is 19.6 Å². The first-order valence-electron chi connectivity index (χ1n) is 10.4. The number of ether oxygens (including phenoxy) is 1. The van der Waals surface area contributed by atoms with Gasteiger partial charge in [0.15, 0.2) is 17.7 Å². The molecular formula is C22H27FN4O2. The van der Waals surface area contributed by atoms with Gasteiger partial charge in [-0.05, 0) is 37.9 Å². The van der Waals surface area contributed by atoms with Gasteiger partial charge in [-0.15, -0.1) is 0 Å². The Kier molecular flexibility index (Phi) is 6.04. The molecule has 2 aliphatic heterocycles. The monoisotopic (exact) mass is 398 g/mol. The van der Waals surface area contributed by atoms with E-state index < -0.39 is 11.9 Å². The molecule has 0 spiro atoms. The third kappa shape index (κ3) is 4.40. The van der Waals surface area contributed by atoms with E-state index in [1.807, 2.05) is 13.1 Å². The van der Waals surface area contributed by atoms with Gasteiger partial charge in [-0.3, -0.25) is 4.79 Å². The van der Waals surface area contributed by atoms with Crippen LogP contribution in [0.15, 0.2) is 30.5 Å². The van der Waals surface area contributed by atoms with Gasteiger partial charge in [0.2, 0.25) is 0 Å².